The van der Waals surface area contributed by atoms with Crippen LogP contribution in [0.4, 0.5) is 5.69 Å². The van der Waals surface area contributed by atoms with Gasteiger partial charge in [0.25, 0.3) is 11.6 Å². The Hall–Kier alpha value is -2.63. The van der Waals surface area contributed by atoms with Gasteiger partial charge in [0.05, 0.1) is 11.0 Å². The summed E-state index contributed by atoms with van der Waals surface area (Å²) in [5.41, 5.74) is 0.213. The van der Waals surface area contributed by atoms with Crippen molar-refractivity contribution < 1.29 is 14.8 Å². The molecule has 104 valence electrons. The van der Waals surface area contributed by atoms with Gasteiger partial charge in [-0.2, -0.15) is 0 Å². The zero-order chi connectivity index (χ0) is 14.9. The predicted molar refractivity (Wildman–Crippen MR) is 74.9 cm³/mol. The van der Waals surface area contributed by atoms with E-state index in [-0.39, 0.29) is 23.4 Å². The van der Waals surface area contributed by atoms with Gasteiger partial charge in [0.15, 0.2) is 0 Å². The number of hydrogen-bond donors (Lipinski definition) is 2. The summed E-state index contributed by atoms with van der Waals surface area (Å²) in [5, 5.41) is 24.2. The lowest BCUT2D eigenvalue weighted by atomic mass is 10.0. The second kappa shape index (κ2) is 5.16. The number of nitrogens with one attached hydrogen (secondary N) is 1. The molecule has 2 aromatic carbocycles. The number of nitro groups is 1. The number of rotatable bonds is 3. The smallest absolute Gasteiger partial charge is 0.273 e. The third kappa shape index (κ3) is 2.69. The summed E-state index contributed by atoms with van der Waals surface area (Å²) in [6, 6.07) is 7.11. The lowest BCUT2D eigenvalue weighted by Crippen LogP contribution is -2.29. The van der Waals surface area contributed by atoms with Crippen LogP contribution in [-0.2, 0) is 0 Å². The van der Waals surface area contributed by atoms with Crippen molar-refractivity contribution in [3.8, 4) is 5.75 Å². The van der Waals surface area contributed by atoms with Gasteiger partial charge in [-0.25, -0.2) is 0 Å². The molecule has 0 aliphatic rings. The molecule has 0 unspecified atom stereocenters. The lowest BCUT2D eigenvalue weighted by Gasteiger charge is -2.09. The molecule has 2 rings (SSSR count). The molecule has 0 bridgehead atoms. The van der Waals surface area contributed by atoms with Gasteiger partial charge in [0, 0.05) is 23.1 Å². The average molecular weight is 274 g/mol. The molecule has 0 saturated heterocycles. The van der Waals surface area contributed by atoms with Crippen molar-refractivity contribution in [2.75, 3.05) is 0 Å². The van der Waals surface area contributed by atoms with Gasteiger partial charge >= 0.3 is 0 Å². The van der Waals surface area contributed by atoms with Crippen LogP contribution in [0.5, 0.6) is 5.75 Å². The van der Waals surface area contributed by atoms with Gasteiger partial charge in [0.2, 0.25) is 0 Å². The maximum Gasteiger partial charge on any atom is 0.273 e. The first-order chi connectivity index (χ1) is 9.38. The number of phenols is 1. The molecule has 0 radical (unpaired) electrons. The number of amides is 1. The van der Waals surface area contributed by atoms with E-state index in [2.05, 4.69) is 5.32 Å². The van der Waals surface area contributed by atoms with Crippen molar-refractivity contribution in [3.05, 3.63) is 46.0 Å². The lowest BCUT2D eigenvalue weighted by molar-refractivity contribution is -0.384. The van der Waals surface area contributed by atoms with E-state index in [0.717, 1.165) is 6.07 Å². The number of fused-ring (bicyclic) bond motifs is 1. The summed E-state index contributed by atoms with van der Waals surface area (Å²) >= 11 is 0. The maximum atomic E-state index is 11.9. The van der Waals surface area contributed by atoms with Crippen LogP contribution < -0.4 is 5.32 Å². The molecule has 2 aromatic rings. The van der Waals surface area contributed by atoms with E-state index in [0.29, 0.717) is 16.3 Å². The largest absolute Gasteiger partial charge is 0.507 e. The SMILES string of the molecule is CC(C)NC(=O)c1ccc2cc([N+](=O)[O-])cc(O)c2c1. The first-order valence-corrected chi connectivity index (χ1v) is 6.10. The molecular weight excluding hydrogens is 260 g/mol. The minimum atomic E-state index is -0.571. The van der Waals surface area contributed by atoms with Crippen LogP contribution in [0, 0.1) is 10.1 Å². The number of phenolic OH excluding ortho intramolecular Hbond substituents is 1. The number of aromatic hydroxyl groups is 1. The van der Waals surface area contributed by atoms with E-state index in [1.54, 1.807) is 12.1 Å². The normalized spacial score (nSPS) is 10.8. The Morgan fingerprint density at radius 2 is 2.00 bits per heavy atom. The molecule has 0 aromatic heterocycles. The van der Waals surface area contributed by atoms with Crippen molar-refractivity contribution >= 4 is 22.4 Å². The summed E-state index contributed by atoms with van der Waals surface area (Å²) < 4.78 is 0. The second-order valence-corrected chi connectivity index (χ2v) is 4.79. The Kier molecular flexibility index (Phi) is 3.56. The highest BCUT2D eigenvalue weighted by molar-refractivity contribution is 6.00. The Balaban J connectivity index is 2.50. The van der Waals surface area contributed by atoms with Crippen LogP contribution in [0.3, 0.4) is 0 Å². The zero-order valence-corrected chi connectivity index (χ0v) is 11.1. The number of hydrogen-bond acceptors (Lipinski definition) is 4. The minimum absolute atomic E-state index is 0.00338. The Morgan fingerprint density at radius 3 is 2.60 bits per heavy atom. The van der Waals surface area contributed by atoms with Crippen LogP contribution in [0.1, 0.15) is 24.2 Å². The summed E-state index contributed by atoms with van der Waals surface area (Å²) in [5.74, 6) is -0.465. The summed E-state index contributed by atoms with van der Waals surface area (Å²) in [7, 11) is 0. The first-order valence-electron chi connectivity index (χ1n) is 6.10. The van der Waals surface area contributed by atoms with Crippen molar-refractivity contribution in [2.24, 2.45) is 0 Å². The molecule has 20 heavy (non-hydrogen) atoms. The molecule has 0 fully saturated rings. The Labute approximate surface area is 115 Å². The fourth-order valence-corrected chi connectivity index (χ4v) is 1.91. The van der Waals surface area contributed by atoms with E-state index in [9.17, 15) is 20.0 Å². The molecule has 2 N–H and O–H groups in total. The van der Waals surface area contributed by atoms with Crippen LogP contribution in [0.2, 0.25) is 0 Å². The highest BCUT2D eigenvalue weighted by Crippen LogP contribution is 2.30. The van der Waals surface area contributed by atoms with Gasteiger partial charge in [0.1, 0.15) is 5.75 Å². The van der Waals surface area contributed by atoms with Crippen molar-refractivity contribution in [1.82, 2.24) is 5.32 Å². The quantitative estimate of drug-likeness (QED) is 0.664. The standard InChI is InChI=1S/C14H14N2O4/c1-8(2)15-14(18)10-4-3-9-5-11(16(19)20)7-13(17)12(9)6-10/h3-8,17H,1-2H3,(H,15,18). The van der Waals surface area contributed by atoms with Crippen molar-refractivity contribution in [1.29, 1.82) is 0 Å². The fourth-order valence-electron chi connectivity index (χ4n) is 1.91. The summed E-state index contributed by atoms with van der Waals surface area (Å²) in [6.07, 6.45) is 0. The monoisotopic (exact) mass is 274 g/mol. The van der Waals surface area contributed by atoms with Gasteiger partial charge in [-0.05, 0) is 31.4 Å². The molecule has 0 spiro atoms. The Bertz CT molecular complexity index is 695. The number of non-ortho nitro benzene ring substituents is 1. The minimum Gasteiger partial charge on any atom is -0.507 e. The molecular formula is C14H14N2O4. The van der Waals surface area contributed by atoms with E-state index < -0.39 is 4.92 Å². The second-order valence-electron chi connectivity index (χ2n) is 4.79. The maximum absolute atomic E-state index is 11.9. The van der Waals surface area contributed by atoms with Crippen LogP contribution in [-0.4, -0.2) is 22.0 Å². The molecule has 0 aliphatic carbocycles. The summed E-state index contributed by atoms with van der Waals surface area (Å²) in [4.78, 5) is 22.0. The van der Waals surface area contributed by atoms with E-state index in [1.807, 2.05) is 13.8 Å². The average Bonchev–Trinajstić information content (AvgIpc) is 2.37. The molecule has 6 nitrogen and oxygen atoms in total. The molecule has 0 atom stereocenters. The topological polar surface area (TPSA) is 92.5 Å². The summed E-state index contributed by atoms with van der Waals surface area (Å²) in [6.45, 7) is 3.69. The van der Waals surface area contributed by atoms with Crippen LogP contribution in [0.25, 0.3) is 10.8 Å². The number of carbonyl (C=O) groups is 1. The highest BCUT2D eigenvalue weighted by Gasteiger charge is 2.13. The van der Waals surface area contributed by atoms with E-state index >= 15 is 0 Å². The number of carbonyl (C=O) groups excluding carboxylic acids is 1. The van der Waals surface area contributed by atoms with Gasteiger partial charge in [-0.1, -0.05) is 6.07 Å². The first kappa shape index (κ1) is 13.8. The highest BCUT2D eigenvalue weighted by atomic mass is 16.6. The van der Waals surface area contributed by atoms with Crippen LogP contribution >= 0.6 is 0 Å². The predicted octanol–water partition coefficient (Wildman–Crippen LogP) is 2.59. The third-order valence-corrected chi connectivity index (χ3v) is 2.81. The number of benzene rings is 2. The van der Waals surface area contributed by atoms with Gasteiger partial charge in [-0.3, -0.25) is 14.9 Å². The number of nitrogens with zero attached hydrogens (tertiary/aromatic N) is 1. The zero-order valence-electron chi connectivity index (χ0n) is 11.1. The van der Waals surface area contributed by atoms with Gasteiger partial charge < -0.3 is 10.4 Å². The van der Waals surface area contributed by atoms with Crippen LogP contribution in [0.15, 0.2) is 30.3 Å². The van der Waals surface area contributed by atoms with Crippen molar-refractivity contribution in [2.45, 2.75) is 19.9 Å². The molecule has 0 heterocycles. The molecule has 0 saturated carbocycles. The molecule has 0 aliphatic heterocycles. The fraction of sp³-hybridized carbons (Fsp3) is 0.214. The van der Waals surface area contributed by atoms with Crippen molar-refractivity contribution in [3.63, 3.8) is 0 Å². The molecule has 6 heteroatoms. The number of nitro benzene ring substituents is 1. The van der Waals surface area contributed by atoms with Gasteiger partial charge in [-0.15, -0.1) is 0 Å². The third-order valence-electron chi connectivity index (χ3n) is 2.81. The van der Waals surface area contributed by atoms with E-state index in [4.69, 9.17) is 0 Å². The molecule has 1 amide bonds. The van der Waals surface area contributed by atoms with E-state index in [1.165, 1.54) is 12.1 Å². The Morgan fingerprint density at radius 1 is 1.30 bits per heavy atom.